The van der Waals surface area contributed by atoms with Crippen molar-refractivity contribution in [3.63, 3.8) is 0 Å². The normalized spacial score (nSPS) is 22.8. The molecule has 0 bridgehead atoms. The maximum atomic E-state index is 11.9. The molecule has 0 amide bonds. The van der Waals surface area contributed by atoms with E-state index in [2.05, 4.69) is 24.4 Å². The van der Waals surface area contributed by atoms with Crippen molar-refractivity contribution in [3.8, 4) is 0 Å². The summed E-state index contributed by atoms with van der Waals surface area (Å²) in [6.45, 7) is 4.08. The molecule has 1 atom stereocenters. The van der Waals surface area contributed by atoms with Crippen LogP contribution in [0.1, 0.15) is 31.7 Å². The molecule has 1 aromatic carbocycles. The molecule has 0 heterocycles. The van der Waals surface area contributed by atoms with Gasteiger partial charge in [0.25, 0.3) is 0 Å². The molecule has 0 unspecified atom stereocenters. The highest BCUT2D eigenvalue weighted by atomic mass is 16.1. The first kappa shape index (κ1) is 11.9. The zero-order valence-corrected chi connectivity index (χ0v) is 10.5. The molecule has 17 heavy (non-hydrogen) atoms. The number of benzene rings is 1. The van der Waals surface area contributed by atoms with Crippen LogP contribution in [0.15, 0.2) is 36.0 Å². The van der Waals surface area contributed by atoms with Gasteiger partial charge in [-0.15, -0.1) is 0 Å². The van der Waals surface area contributed by atoms with E-state index in [0.29, 0.717) is 5.78 Å². The van der Waals surface area contributed by atoms with E-state index in [1.807, 2.05) is 25.3 Å². The van der Waals surface area contributed by atoms with E-state index >= 15 is 0 Å². The van der Waals surface area contributed by atoms with Crippen LogP contribution in [-0.2, 0) is 4.79 Å². The van der Waals surface area contributed by atoms with Gasteiger partial charge < -0.3 is 5.32 Å². The van der Waals surface area contributed by atoms with Gasteiger partial charge in [0.05, 0.1) is 0 Å². The summed E-state index contributed by atoms with van der Waals surface area (Å²) in [7, 11) is 0. The van der Waals surface area contributed by atoms with Gasteiger partial charge in [0.2, 0.25) is 0 Å². The van der Waals surface area contributed by atoms with Gasteiger partial charge in [0, 0.05) is 23.4 Å². The lowest BCUT2D eigenvalue weighted by Gasteiger charge is -2.19. The highest BCUT2D eigenvalue weighted by Crippen LogP contribution is 2.24. The molecule has 1 aliphatic carbocycles. The molecule has 2 heteroatoms. The summed E-state index contributed by atoms with van der Waals surface area (Å²) >= 11 is 0. The Morgan fingerprint density at radius 2 is 2.00 bits per heavy atom. The second-order valence-electron chi connectivity index (χ2n) is 4.84. The zero-order valence-electron chi connectivity index (χ0n) is 10.5. The minimum Gasteiger partial charge on any atom is -0.361 e. The summed E-state index contributed by atoms with van der Waals surface area (Å²) in [5, 5.41) is 3.21. The first-order valence-electron chi connectivity index (χ1n) is 6.23. The molecule has 0 radical (unpaired) electrons. The Morgan fingerprint density at radius 3 is 2.71 bits per heavy atom. The van der Waals surface area contributed by atoms with E-state index < -0.39 is 0 Å². The summed E-state index contributed by atoms with van der Waals surface area (Å²) in [6, 6.07) is 8.19. The third-order valence-electron chi connectivity index (χ3n) is 3.31. The molecule has 0 aromatic heterocycles. The lowest BCUT2D eigenvalue weighted by atomic mass is 9.86. The maximum absolute atomic E-state index is 11.9. The first-order chi connectivity index (χ1) is 8.16. The van der Waals surface area contributed by atoms with Crippen molar-refractivity contribution >= 4 is 11.5 Å². The quantitative estimate of drug-likeness (QED) is 0.784. The lowest BCUT2D eigenvalue weighted by molar-refractivity contribution is -0.119. The highest BCUT2D eigenvalue weighted by molar-refractivity contribution is 5.97. The standard InChI is InChI=1S/C15H19NO/c1-11-6-8-14(9-7-11)16-10-13-5-3-4-12(2)15(13)17/h6-10,12,16H,3-5H2,1-2H3/b13-10-/t12-/m0/s1. The Labute approximate surface area is 103 Å². The van der Waals surface area contributed by atoms with Gasteiger partial charge in [-0.05, 0) is 38.3 Å². The van der Waals surface area contributed by atoms with Gasteiger partial charge in [-0.3, -0.25) is 4.79 Å². The molecule has 0 aliphatic heterocycles. The summed E-state index contributed by atoms with van der Waals surface area (Å²) in [4.78, 5) is 11.9. The van der Waals surface area contributed by atoms with E-state index in [9.17, 15) is 4.79 Å². The van der Waals surface area contributed by atoms with Crippen LogP contribution in [0.3, 0.4) is 0 Å². The SMILES string of the molecule is Cc1ccc(N/C=C2/CCC[C@H](C)C2=O)cc1. The number of rotatable bonds is 2. The van der Waals surface area contributed by atoms with E-state index in [0.717, 1.165) is 30.5 Å². The molecule has 0 saturated heterocycles. The van der Waals surface area contributed by atoms with Crippen molar-refractivity contribution in [1.29, 1.82) is 0 Å². The summed E-state index contributed by atoms with van der Waals surface area (Å²) < 4.78 is 0. The Bertz CT molecular complexity index is 431. The van der Waals surface area contributed by atoms with Crippen LogP contribution in [0, 0.1) is 12.8 Å². The summed E-state index contributed by atoms with van der Waals surface area (Å²) in [5.74, 6) is 0.491. The van der Waals surface area contributed by atoms with Crippen molar-refractivity contribution in [3.05, 3.63) is 41.6 Å². The van der Waals surface area contributed by atoms with Gasteiger partial charge in [-0.25, -0.2) is 0 Å². The van der Waals surface area contributed by atoms with Gasteiger partial charge >= 0.3 is 0 Å². The third kappa shape index (κ3) is 2.96. The van der Waals surface area contributed by atoms with Crippen LogP contribution in [0.2, 0.25) is 0 Å². The topological polar surface area (TPSA) is 29.1 Å². The largest absolute Gasteiger partial charge is 0.361 e. The van der Waals surface area contributed by atoms with Crippen LogP contribution >= 0.6 is 0 Å². The van der Waals surface area contributed by atoms with Crippen molar-refractivity contribution < 1.29 is 4.79 Å². The molecule has 1 saturated carbocycles. The molecule has 2 nitrogen and oxygen atoms in total. The maximum Gasteiger partial charge on any atom is 0.163 e. The molecule has 90 valence electrons. The number of carbonyl (C=O) groups excluding carboxylic acids is 1. The van der Waals surface area contributed by atoms with E-state index in [1.54, 1.807) is 0 Å². The fourth-order valence-electron chi connectivity index (χ4n) is 2.13. The number of allylic oxidation sites excluding steroid dienone is 1. The Balaban J connectivity index is 2.04. The van der Waals surface area contributed by atoms with Crippen LogP contribution in [0.25, 0.3) is 0 Å². The van der Waals surface area contributed by atoms with Gasteiger partial charge in [0.1, 0.15) is 0 Å². The zero-order chi connectivity index (χ0) is 12.3. The predicted molar refractivity (Wildman–Crippen MR) is 70.9 cm³/mol. The molecule has 1 aromatic rings. The molecule has 1 aliphatic rings. The van der Waals surface area contributed by atoms with Gasteiger partial charge in [-0.1, -0.05) is 24.6 Å². The summed E-state index contributed by atoms with van der Waals surface area (Å²) in [6.07, 6.45) is 4.93. The first-order valence-corrected chi connectivity index (χ1v) is 6.23. The molecular weight excluding hydrogens is 210 g/mol. The number of ketones is 1. The van der Waals surface area contributed by atoms with Gasteiger partial charge in [-0.2, -0.15) is 0 Å². The Morgan fingerprint density at radius 1 is 1.29 bits per heavy atom. The number of aryl methyl sites for hydroxylation is 1. The Kier molecular flexibility index (Phi) is 3.62. The number of carbonyl (C=O) groups is 1. The number of hydrogen-bond acceptors (Lipinski definition) is 2. The average molecular weight is 229 g/mol. The predicted octanol–water partition coefficient (Wildman–Crippen LogP) is 3.68. The van der Waals surface area contributed by atoms with Crippen molar-refractivity contribution in [2.75, 3.05) is 5.32 Å². The van der Waals surface area contributed by atoms with Crippen LogP contribution in [-0.4, -0.2) is 5.78 Å². The van der Waals surface area contributed by atoms with Crippen LogP contribution in [0.5, 0.6) is 0 Å². The van der Waals surface area contributed by atoms with Crippen molar-refractivity contribution in [1.82, 2.24) is 0 Å². The molecule has 2 rings (SSSR count). The molecular formula is C15H19NO. The fraction of sp³-hybridized carbons (Fsp3) is 0.400. The van der Waals surface area contributed by atoms with Crippen molar-refractivity contribution in [2.45, 2.75) is 33.1 Å². The molecule has 1 fully saturated rings. The van der Waals surface area contributed by atoms with Gasteiger partial charge in [0.15, 0.2) is 5.78 Å². The second kappa shape index (κ2) is 5.17. The van der Waals surface area contributed by atoms with E-state index in [-0.39, 0.29) is 5.92 Å². The highest BCUT2D eigenvalue weighted by Gasteiger charge is 2.22. The number of anilines is 1. The minimum atomic E-state index is 0.190. The Hall–Kier alpha value is -1.57. The van der Waals surface area contributed by atoms with E-state index in [4.69, 9.17) is 0 Å². The monoisotopic (exact) mass is 229 g/mol. The third-order valence-corrected chi connectivity index (χ3v) is 3.31. The molecule has 1 N–H and O–H groups in total. The van der Waals surface area contributed by atoms with Crippen molar-refractivity contribution in [2.24, 2.45) is 5.92 Å². The smallest absolute Gasteiger partial charge is 0.163 e. The lowest BCUT2D eigenvalue weighted by Crippen LogP contribution is -2.19. The number of nitrogens with one attached hydrogen (secondary N) is 1. The average Bonchev–Trinajstić information content (AvgIpc) is 2.33. The van der Waals surface area contributed by atoms with E-state index in [1.165, 1.54) is 5.56 Å². The fourth-order valence-corrected chi connectivity index (χ4v) is 2.13. The summed E-state index contributed by atoms with van der Waals surface area (Å²) in [5.41, 5.74) is 3.21. The number of hydrogen-bond donors (Lipinski definition) is 1. The second-order valence-corrected chi connectivity index (χ2v) is 4.84. The molecule has 0 spiro atoms. The number of Topliss-reactive ketones (excluding diaryl/α,β-unsaturated/α-hetero) is 1. The van der Waals surface area contributed by atoms with Crippen LogP contribution < -0.4 is 5.32 Å². The minimum absolute atomic E-state index is 0.190. The van der Waals surface area contributed by atoms with Crippen LogP contribution in [0.4, 0.5) is 5.69 Å².